The minimum absolute atomic E-state index is 0.176. The lowest BCUT2D eigenvalue weighted by Crippen LogP contribution is -2.36. The number of nitrogens with two attached hydrogens (primary N) is 1. The highest BCUT2D eigenvalue weighted by molar-refractivity contribution is 7.47. The first kappa shape index (κ1) is 39.5. The van der Waals surface area contributed by atoms with E-state index in [-0.39, 0.29) is 17.3 Å². The summed E-state index contributed by atoms with van der Waals surface area (Å²) in [5, 5.41) is 20.9. The summed E-state index contributed by atoms with van der Waals surface area (Å²) in [6, 6.07) is 1.71. The number of phosphoric ester groups is 1. The van der Waals surface area contributed by atoms with Gasteiger partial charge in [-0.3, -0.25) is 14.0 Å². The molecule has 6 atom stereocenters. The Morgan fingerprint density at radius 1 is 1.08 bits per heavy atom. The first-order chi connectivity index (χ1) is 23.5. The van der Waals surface area contributed by atoms with Crippen LogP contribution in [-0.2, 0) is 20.2 Å². The smallest absolute Gasteiger partial charge is 0.487 e. The lowest BCUT2D eigenvalue weighted by molar-refractivity contribution is -0.0544. The van der Waals surface area contributed by atoms with Crippen LogP contribution in [0, 0.1) is 13.8 Å². The van der Waals surface area contributed by atoms with Crippen molar-refractivity contribution < 1.29 is 38.2 Å². The van der Waals surface area contributed by atoms with Crippen LogP contribution in [0.2, 0.25) is 0 Å². The molecule has 2 aliphatic rings. The van der Waals surface area contributed by atoms with Crippen molar-refractivity contribution in [1.29, 1.82) is 0 Å². The molecule has 14 heteroatoms. The molecule has 1 aromatic carbocycles. The van der Waals surface area contributed by atoms with Gasteiger partial charge in [-0.1, -0.05) is 34.9 Å². The van der Waals surface area contributed by atoms with Crippen LogP contribution in [0.25, 0.3) is 0 Å². The third-order valence-electron chi connectivity index (χ3n) is 9.40. The van der Waals surface area contributed by atoms with Gasteiger partial charge in [0.1, 0.15) is 41.7 Å². The quantitative estimate of drug-likeness (QED) is 0.126. The van der Waals surface area contributed by atoms with E-state index in [2.05, 4.69) is 62.8 Å². The van der Waals surface area contributed by atoms with E-state index in [4.69, 9.17) is 24.3 Å². The van der Waals surface area contributed by atoms with Crippen molar-refractivity contribution >= 4 is 13.8 Å². The lowest BCUT2D eigenvalue weighted by Gasteiger charge is -2.37. The number of aliphatic hydroxyl groups is 2. The maximum atomic E-state index is 13.0. The number of rotatable bonds is 15. The number of nitrogens with zero attached hydrogens (tertiary/aromatic N) is 3. The largest absolute Gasteiger partial charge is 0.527 e. The topological polar surface area (TPSA) is 188 Å². The van der Waals surface area contributed by atoms with Gasteiger partial charge >= 0.3 is 13.5 Å². The molecule has 3 heterocycles. The number of nitrogen functional groups attached to an aromatic ring is 1. The number of allylic oxidation sites excluding steroid dienone is 6. The van der Waals surface area contributed by atoms with Gasteiger partial charge < -0.3 is 29.9 Å². The lowest BCUT2D eigenvalue weighted by atomic mass is 9.87. The molecule has 2 aliphatic heterocycles. The van der Waals surface area contributed by atoms with Gasteiger partial charge in [-0.05, 0) is 123 Å². The highest BCUT2D eigenvalue weighted by atomic mass is 31.2. The van der Waals surface area contributed by atoms with Crippen molar-refractivity contribution in [1.82, 2.24) is 14.5 Å². The van der Waals surface area contributed by atoms with E-state index < -0.39 is 44.7 Å². The second kappa shape index (κ2) is 16.8. The van der Waals surface area contributed by atoms with Crippen molar-refractivity contribution in [2.24, 2.45) is 0 Å². The molecule has 50 heavy (non-hydrogen) atoms. The SMILES string of the molecule is CC(C)=CCC/C(C)=C/CC/C(C)=C/CCC1(C)CCc2cc(OP(=O)(O)OC[C@H]3O[C@@H](n4cnc(N)nc4=O)C(O)[C@@H]3O)c(C)c(C)c2O1. The molecule has 0 amide bonds. The number of fused-ring (bicyclic) bond motifs is 1. The third kappa shape index (κ3) is 10.4. The monoisotopic (exact) mass is 716 g/mol. The summed E-state index contributed by atoms with van der Waals surface area (Å²) in [7, 11) is -4.71. The van der Waals surface area contributed by atoms with Crippen molar-refractivity contribution in [3.63, 3.8) is 0 Å². The first-order valence-electron chi connectivity index (χ1n) is 17.1. The number of hydrogen-bond acceptors (Lipinski definition) is 11. The average Bonchev–Trinajstić information content (AvgIpc) is 3.31. The highest BCUT2D eigenvalue weighted by Gasteiger charge is 2.45. The summed E-state index contributed by atoms with van der Waals surface area (Å²) in [4.78, 5) is 30.0. The standard InChI is InChI=1S/C36H53N4O9P/c1-22(2)11-8-12-23(3)13-9-14-24(4)15-10-17-36(7)18-16-27-19-28(25(5)26(6)32(27)48-36)49-50(44,45)46-20-29-30(41)31(42)33(47-29)40-21-38-34(37)39-35(40)43/h11,13,15,19,21,29-31,33,41-42H,8-10,12,14,16-18,20H2,1-7H3,(H,44,45)(H2,37,39,43)/b23-13+,24-15+/t29-,30-,31?,33-,36?/m1/s1. The maximum absolute atomic E-state index is 13.0. The molecule has 0 aliphatic carbocycles. The Morgan fingerprint density at radius 2 is 1.74 bits per heavy atom. The van der Waals surface area contributed by atoms with E-state index in [1.807, 2.05) is 6.92 Å². The fourth-order valence-electron chi connectivity index (χ4n) is 6.13. The molecule has 0 bridgehead atoms. The molecular weight excluding hydrogens is 663 g/mol. The van der Waals surface area contributed by atoms with E-state index in [9.17, 15) is 24.5 Å². The summed E-state index contributed by atoms with van der Waals surface area (Å²) >= 11 is 0. The summed E-state index contributed by atoms with van der Waals surface area (Å²) in [6.07, 6.45) is 9.77. The Bertz CT molecular complexity index is 1720. The number of aromatic nitrogens is 3. The van der Waals surface area contributed by atoms with E-state index in [0.717, 1.165) is 72.7 Å². The van der Waals surface area contributed by atoms with Gasteiger partial charge in [-0.2, -0.15) is 4.98 Å². The maximum Gasteiger partial charge on any atom is 0.527 e. The van der Waals surface area contributed by atoms with E-state index in [0.29, 0.717) is 12.0 Å². The Morgan fingerprint density at radius 3 is 2.40 bits per heavy atom. The second-order valence-electron chi connectivity index (χ2n) is 14.0. The van der Waals surface area contributed by atoms with Crippen LogP contribution in [0.5, 0.6) is 11.5 Å². The highest BCUT2D eigenvalue weighted by Crippen LogP contribution is 2.49. The van der Waals surface area contributed by atoms with Gasteiger partial charge in [0.25, 0.3) is 0 Å². The number of ether oxygens (including phenoxy) is 2. The average molecular weight is 717 g/mol. The molecule has 1 aromatic heterocycles. The zero-order valence-electron chi connectivity index (χ0n) is 30.2. The molecule has 4 rings (SSSR count). The van der Waals surface area contributed by atoms with E-state index in [1.165, 1.54) is 16.7 Å². The van der Waals surface area contributed by atoms with E-state index in [1.54, 1.807) is 13.0 Å². The van der Waals surface area contributed by atoms with Crippen LogP contribution in [-0.4, -0.2) is 60.2 Å². The second-order valence-corrected chi connectivity index (χ2v) is 15.3. The number of hydrogen-bond donors (Lipinski definition) is 4. The number of aliphatic hydroxyl groups excluding tert-OH is 2. The number of aryl methyl sites for hydroxylation is 1. The molecule has 1 fully saturated rings. The van der Waals surface area contributed by atoms with Crippen LogP contribution in [0.4, 0.5) is 5.95 Å². The Kier molecular flexibility index (Phi) is 13.3. The Hall–Kier alpha value is -3.32. The van der Waals surface area contributed by atoms with E-state index >= 15 is 0 Å². The molecule has 276 valence electrons. The Labute approximate surface area is 294 Å². The number of anilines is 1. The van der Waals surface area contributed by atoms with Crippen molar-refractivity contribution in [3.05, 3.63) is 74.5 Å². The minimum atomic E-state index is -4.71. The van der Waals surface area contributed by atoms with Crippen LogP contribution < -0.4 is 20.7 Å². The van der Waals surface area contributed by atoms with Crippen LogP contribution >= 0.6 is 7.82 Å². The van der Waals surface area contributed by atoms with Gasteiger partial charge in [0.2, 0.25) is 5.95 Å². The van der Waals surface area contributed by atoms with Crippen molar-refractivity contribution in [3.8, 4) is 11.5 Å². The summed E-state index contributed by atoms with van der Waals surface area (Å²) in [6.45, 7) is 13.8. The van der Waals surface area contributed by atoms with Crippen molar-refractivity contribution in [2.45, 2.75) is 130 Å². The number of phosphoric acid groups is 1. The molecule has 1 saturated heterocycles. The van der Waals surface area contributed by atoms with Gasteiger partial charge in [0.05, 0.1) is 6.61 Å². The molecule has 13 nitrogen and oxygen atoms in total. The van der Waals surface area contributed by atoms with Gasteiger partial charge in [-0.15, -0.1) is 0 Å². The fraction of sp³-hybridized carbons (Fsp3) is 0.583. The number of benzene rings is 1. The van der Waals surface area contributed by atoms with Crippen LogP contribution in [0.15, 0.2) is 52.1 Å². The molecule has 0 saturated carbocycles. The van der Waals surface area contributed by atoms with Crippen LogP contribution in [0.3, 0.4) is 0 Å². The predicted molar refractivity (Wildman–Crippen MR) is 191 cm³/mol. The van der Waals surface area contributed by atoms with Gasteiger partial charge in [0.15, 0.2) is 6.23 Å². The first-order valence-corrected chi connectivity index (χ1v) is 18.6. The molecule has 5 N–H and O–H groups in total. The Balaban J connectivity index is 1.31. The predicted octanol–water partition coefficient (Wildman–Crippen LogP) is 5.94. The fourth-order valence-corrected chi connectivity index (χ4v) is 6.96. The molecule has 3 unspecified atom stereocenters. The molecular formula is C36H53N4O9P. The summed E-state index contributed by atoms with van der Waals surface area (Å²) < 4.78 is 36.7. The zero-order valence-corrected chi connectivity index (χ0v) is 31.1. The minimum Gasteiger partial charge on any atom is -0.487 e. The van der Waals surface area contributed by atoms with Gasteiger partial charge in [0, 0.05) is 0 Å². The van der Waals surface area contributed by atoms with Crippen LogP contribution in [0.1, 0.15) is 102 Å². The van der Waals surface area contributed by atoms with Gasteiger partial charge in [-0.25, -0.2) is 14.3 Å². The zero-order chi connectivity index (χ0) is 36.8. The molecule has 0 radical (unpaired) electrons. The molecule has 0 spiro atoms. The molecule has 2 aromatic rings. The summed E-state index contributed by atoms with van der Waals surface area (Å²) in [5.41, 5.74) is 10.7. The third-order valence-corrected chi connectivity index (χ3v) is 10.3. The summed E-state index contributed by atoms with van der Waals surface area (Å²) in [5.74, 6) is 0.673. The van der Waals surface area contributed by atoms with Crippen molar-refractivity contribution in [2.75, 3.05) is 12.3 Å². The normalized spacial score (nSPS) is 25.1.